The first-order chi connectivity index (χ1) is 13.1. The van der Waals surface area contributed by atoms with E-state index in [4.69, 9.17) is 19.9 Å². The first kappa shape index (κ1) is 17.7. The van der Waals surface area contributed by atoms with Crippen molar-refractivity contribution >= 4 is 5.91 Å². The summed E-state index contributed by atoms with van der Waals surface area (Å²) in [4.78, 5) is 14.2. The van der Waals surface area contributed by atoms with Gasteiger partial charge in [-0.3, -0.25) is 9.69 Å². The van der Waals surface area contributed by atoms with Crippen molar-refractivity contribution in [3.8, 4) is 17.2 Å². The number of primary amides is 1. The summed E-state index contributed by atoms with van der Waals surface area (Å²) in [7, 11) is 4.92. The van der Waals surface area contributed by atoms with Crippen LogP contribution in [0.3, 0.4) is 0 Å². The summed E-state index contributed by atoms with van der Waals surface area (Å²) in [6, 6.07) is 8.24. The molecule has 0 saturated heterocycles. The SMILES string of the molecule is COc1cc2c(cc1OC)C1Cc3ccc(C(N)=O)c(OC)c3CN1CC2. The number of methoxy groups -OCH3 is 3. The number of nitrogens with two attached hydrogens (primary N) is 1. The molecule has 2 heterocycles. The molecule has 6 heteroatoms. The maximum Gasteiger partial charge on any atom is 0.252 e. The van der Waals surface area contributed by atoms with Crippen molar-refractivity contribution in [2.45, 2.75) is 25.4 Å². The van der Waals surface area contributed by atoms with Crippen LogP contribution in [0.25, 0.3) is 0 Å². The van der Waals surface area contributed by atoms with Crippen LogP contribution in [0.4, 0.5) is 0 Å². The van der Waals surface area contributed by atoms with Crippen LogP contribution in [0.5, 0.6) is 17.2 Å². The van der Waals surface area contributed by atoms with Crippen LogP contribution in [0, 0.1) is 0 Å². The number of nitrogens with zero attached hydrogens (tertiary/aromatic N) is 1. The van der Waals surface area contributed by atoms with Crippen molar-refractivity contribution in [2.24, 2.45) is 5.73 Å². The number of benzene rings is 2. The van der Waals surface area contributed by atoms with Crippen molar-refractivity contribution in [1.82, 2.24) is 4.90 Å². The Labute approximate surface area is 158 Å². The average Bonchev–Trinajstić information content (AvgIpc) is 2.69. The zero-order chi connectivity index (χ0) is 19.1. The van der Waals surface area contributed by atoms with E-state index in [1.165, 1.54) is 16.7 Å². The zero-order valence-corrected chi connectivity index (χ0v) is 15.9. The lowest BCUT2D eigenvalue weighted by atomic mass is 9.83. The van der Waals surface area contributed by atoms with E-state index in [-0.39, 0.29) is 6.04 Å². The minimum Gasteiger partial charge on any atom is -0.496 e. The van der Waals surface area contributed by atoms with Gasteiger partial charge in [0.05, 0.1) is 26.9 Å². The van der Waals surface area contributed by atoms with Crippen LogP contribution in [-0.2, 0) is 19.4 Å². The number of hydrogen-bond donors (Lipinski definition) is 1. The molecular formula is C21H24N2O4. The molecular weight excluding hydrogens is 344 g/mol. The Hall–Kier alpha value is -2.73. The third-order valence-electron chi connectivity index (χ3n) is 5.72. The highest BCUT2D eigenvalue weighted by atomic mass is 16.5. The van der Waals surface area contributed by atoms with E-state index in [0.717, 1.165) is 43.0 Å². The van der Waals surface area contributed by atoms with Gasteiger partial charge in [0, 0.05) is 24.7 Å². The molecule has 27 heavy (non-hydrogen) atoms. The molecule has 2 aromatic carbocycles. The average molecular weight is 368 g/mol. The normalized spacial score (nSPS) is 18.1. The molecule has 0 saturated carbocycles. The lowest BCUT2D eigenvalue weighted by Gasteiger charge is -2.42. The number of amides is 1. The predicted octanol–water partition coefficient (Wildman–Crippen LogP) is 2.47. The van der Waals surface area contributed by atoms with Gasteiger partial charge in [0.2, 0.25) is 0 Å². The maximum absolute atomic E-state index is 11.7. The van der Waals surface area contributed by atoms with E-state index >= 15 is 0 Å². The zero-order valence-electron chi connectivity index (χ0n) is 15.9. The Kier molecular flexibility index (Phi) is 4.44. The summed E-state index contributed by atoms with van der Waals surface area (Å²) >= 11 is 0. The van der Waals surface area contributed by atoms with Crippen molar-refractivity contribution in [2.75, 3.05) is 27.9 Å². The highest BCUT2D eigenvalue weighted by Gasteiger charge is 2.35. The van der Waals surface area contributed by atoms with Crippen molar-refractivity contribution in [1.29, 1.82) is 0 Å². The monoisotopic (exact) mass is 368 g/mol. The molecule has 1 atom stereocenters. The van der Waals surface area contributed by atoms with Gasteiger partial charge < -0.3 is 19.9 Å². The summed E-state index contributed by atoms with van der Waals surface area (Å²) in [5.41, 5.74) is 10.8. The van der Waals surface area contributed by atoms with Crippen LogP contribution < -0.4 is 19.9 Å². The third-order valence-corrected chi connectivity index (χ3v) is 5.72. The fraction of sp³-hybridized carbons (Fsp3) is 0.381. The lowest BCUT2D eigenvalue weighted by Crippen LogP contribution is -2.39. The molecule has 6 nitrogen and oxygen atoms in total. The van der Waals surface area contributed by atoms with Crippen LogP contribution in [0.2, 0.25) is 0 Å². The van der Waals surface area contributed by atoms with Gasteiger partial charge in [0.1, 0.15) is 5.75 Å². The Morgan fingerprint density at radius 3 is 2.48 bits per heavy atom. The fourth-order valence-electron chi connectivity index (χ4n) is 4.38. The van der Waals surface area contributed by atoms with Gasteiger partial charge in [-0.1, -0.05) is 6.07 Å². The van der Waals surface area contributed by atoms with Gasteiger partial charge in [-0.15, -0.1) is 0 Å². The molecule has 2 N–H and O–H groups in total. The molecule has 1 unspecified atom stereocenters. The Morgan fingerprint density at radius 1 is 1.07 bits per heavy atom. The molecule has 2 aliphatic rings. The van der Waals surface area contributed by atoms with Crippen LogP contribution in [0.15, 0.2) is 24.3 Å². The van der Waals surface area contributed by atoms with Gasteiger partial charge in [-0.05, 0) is 47.7 Å². The van der Waals surface area contributed by atoms with E-state index in [1.54, 1.807) is 27.4 Å². The Bertz CT molecular complexity index is 910. The molecule has 0 aliphatic carbocycles. The summed E-state index contributed by atoms with van der Waals surface area (Å²) < 4.78 is 16.5. The van der Waals surface area contributed by atoms with E-state index in [0.29, 0.717) is 11.3 Å². The number of hydrogen-bond acceptors (Lipinski definition) is 5. The first-order valence-electron chi connectivity index (χ1n) is 9.04. The topological polar surface area (TPSA) is 74.0 Å². The Balaban J connectivity index is 1.77. The molecule has 4 rings (SSSR count). The molecule has 2 aliphatic heterocycles. The van der Waals surface area contributed by atoms with Crippen LogP contribution in [-0.4, -0.2) is 38.7 Å². The predicted molar refractivity (Wildman–Crippen MR) is 102 cm³/mol. The van der Waals surface area contributed by atoms with Crippen molar-refractivity contribution in [3.63, 3.8) is 0 Å². The number of carbonyl (C=O) groups excluding carboxylic acids is 1. The van der Waals surface area contributed by atoms with Crippen LogP contribution >= 0.6 is 0 Å². The molecule has 0 spiro atoms. The second kappa shape index (κ2) is 6.78. The molecule has 142 valence electrons. The number of ether oxygens (including phenoxy) is 3. The molecule has 0 bridgehead atoms. The maximum atomic E-state index is 11.7. The van der Waals surface area contributed by atoms with Crippen LogP contribution in [0.1, 0.15) is 38.7 Å². The summed E-state index contributed by atoms with van der Waals surface area (Å²) in [5.74, 6) is 1.67. The van der Waals surface area contributed by atoms with Gasteiger partial charge >= 0.3 is 0 Å². The highest BCUT2D eigenvalue weighted by molar-refractivity contribution is 5.96. The quantitative estimate of drug-likeness (QED) is 0.897. The first-order valence-corrected chi connectivity index (χ1v) is 9.04. The highest BCUT2D eigenvalue weighted by Crippen LogP contribution is 2.44. The summed E-state index contributed by atoms with van der Waals surface area (Å²) in [6.45, 7) is 1.68. The van der Waals surface area contributed by atoms with Gasteiger partial charge in [0.25, 0.3) is 5.91 Å². The molecule has 0 radical (unpaired) electrons. The lowest BCUT2D eigenvalue weighted by molar-refractivity contribution is 0.0996. The molecule has 0 aromatic heterocycles. The molecule has 2 aromatic rings. The second-order valence-corrected chi connectivity index (χ2v) is 6.99. The fourth-order valence-corrected chi connectivity index (χ4v) is 4.38. The van der Waals surface area contributed by atoms with Crippen molar-refractivity contribution in [3.05, 3.63) is 52.1 Å². The van der Waals surface area contributed by atoms with E-state index in [1.807, 2.05) is 6.07 Å². The number of rotatable bonds is 4. The second-order valence-electron chi connectivity index (χ2n) is 6.99. The van der Waals surface area contributed by atoms with Crippen molar-refractivity contribution < 1.29 is 19.0 Å². The standard InChI is InChI=1S/C21H24N2O4/c1-25-18-9-13-6-7-23-11-16-12(4-5-14(21(22)24)20(16)27-3)8-17(23)15(13)10-19(18)26-2/h4-5,9-10,17H,6-8,11H2,1-3H3,(H2,22,24). The van der Waals surface area contributed by atoms with E-state index in [9.17, 15) is 4.79 Å². The van der Waals surface area contributed by atoms with E-state index < -0.39 is 5.91 Å². The van der Waals surface area contributed by atoms with Gasteiger partial charge in [-0.25, -0.2) is 0 Å². The van der Waals surface area contributed by atoms with Gasteiger partial charge in [-0.2, -0.15) is 0 Å². The molecule has 0 fully saturated rings. The minimum absolute atomic E-state index is 0.269. The third kappa shape index (κ3) is 2.80. The summed E-state index contributed by atoms with van der Waals surface area (Å²) in [6.07, 6.45) is 1.80. The van der Waals surface area contributed by atoms with Gasteiger partial charge in [0.15, 0.2) is 11.5 Å². The Morgan fingerprint density at radius 2 is 1.81 bits per heavy atom. The summed E-state index contributed by atoms with van der Waals surface area (Å²) in [5, 5.41) is 0. The molecule has 1 amide bonds. The minimum atomic E-state index is -0.461. The number of carbonyl (C=O) groups is 1. The largest absolute Gasteiger partial charge is 0.496 e. The number of fused-ring (bicyclic) bond motifs is 4. The smallest absolute Gasteiger partial charge is 0.252 e. The van der Waals surface area contributed by atoms with E-state index in [2.05, 4.69) is 17.0 Å².